The van der Waals surface area contributed by atoms with Crippen molar-refractivity contribution in [3.05, 3.63) is 82.4 Å². The number of ether oxygens (including phenoxy) is 6. The summed E-state index contributed by atoms with van der Waals surface area (Å²) in [7, 11) is 4.89. The number of hydrogen-bond donors (Lipinski definition) is 5. The number of nitrogens with one attached hydrogen (secondary N) is 3. The highest BCUT2D eigenvalue weighted by molar-refractivity contribution is 5.96. The van der Waals surface area contributed by atoms with E-state index < -0.39 is 35.3 Å². The Bertz CT molecular complexity index is 2750. The second kappa shape index (κ2) is 27.1. The van der Waals surface area contributed by atoms with Crippen LogP contribution in [0.2, 0.25) is 0 Å². The molecule has 0 saturated carbocycles. The van der Waals surface area contributed by atoms with Crippen molar-refractivity contribution < 1.29 is 56.8 Å². The van der Waals surface area contributed by atoms with Crippen LogP contribution in [0.3, 0.4) is 0 Å². The van der Waals surface area contributed by atoms with Crippen molar-refractivity contribution in [3.63, 3.8) is 0 Å². The number of nitrogens with two attached hydrogens (primary N) is 2. The highest BCUT2D eigenvalue weighted by Crippen LogP contribution is 2.44. The number of amides is 5. The first-order valence-electron chi connectivity index (χ1n) is 26.5. The van der Waals surface area contributed by atoms with Gasteiger partial charge in [-0.1, -0.05) is 26.8 Å². The Kier molecular flexibility index (Phi) is 20.4. The van der Waals surface area contributed by atoms with Crippen LogP contribution in [-0.2, 0) is 64.2 Å². The van der Waals surface area contributed by atoms with Gasteiger partial charge in [0.25, 0.3) is 5.91 Å². The summed E-state index contributed by atoms with van der Waals surface area (Å²) in [5, 5.41) is 13.5. The van der Waals surface area contributed by atoms with Crippen molar-refractivity contribution >= 4 is 41.0 Å². The first kappa shape index (κ1) is 58.8. The number of anilines is 2. The fourth-order valence-corrected chi connectivity index (χ4v) is 9.85. The summed E-state index contributed by atoms with van der Waals surface area (Å²) in [5.74, 6) is -0.876. The Morgan fingerprint density at radius 1 is 0.910 bits per heavy atom. The minimum atomic E-state index is -0.891. The van der Waals surface area contributed by atoms with Gasteiger partial charge in [-0.25, -0.2) is 14.1 Å². The first-order valence-corrected chi connectivity index (χ1v) is 26.5. The van der Waals surface area contributed by atoms with Crippen LogP contribution in [0.4, 0.5) is 15.9 Å². The van der Waals surface area contributed by atoms with Crippen LogP contribution in [0, 0.1) is 11.2 Å². The summed E-state index contributed by atoms with van der Waals surface area (Å²) in [5.41, 5.74) is 16.9. The highest BCUT2D eigenvalue weighted by Gasteiger charge is 2.42. The Morgan fingerprint density at radius 3 is 2.27 bits per heavy atom. The van der Waals surface area contributed by atoms with Gasteiger partial charge in [0.15, 0.2) is 0 Å². The molecule has 1 saturated heterocycles. The van der Waals surface area contributed by atoms with Crippen molar-refractivity contribution in [2.75, 3.05) is 104 Å². The molecule has 4 atom stereocenters. The monoisotopic (exact) mass is 1090 g/mol. The zero-order valence-corrected chi connectivity index (χ0v) is 45.9. The van der Waals surface area contributed by atoms with Crippen molar-refractivity contribution in [3.8, 4) is 22.8 Å². The Labute approximate surface area is 454 Å². The zero-order chi connectivity index (χ0) is 56.1. The molecule has 2 aromatic carbocycles. The molecule has 0 radical (unpaired) electrons. The summed E-state index contributed by atoms with van der Waals surface area (Å²) in [6, 6.07) is 9.22. The van der Waals surface area contributed by atoms with Gasteiger partial charge in [0, 0.05) is 56.8 Å². The summed E-state index contributed by atoms with van der Waals surface area (Å²) in [4.78, 5) is 75.8. The van der Waals surface area contributed by atoms with E-state index in [1.807, 2.05) is 45.0 Å². The fraction of sp³-hybridized carbons (Fsp3) is 0.545. The lowest BCUT2D eigenvalue weighted by Crippen LogP contribution is -2.61. The summed E-state index contributed by atoms with van der Waals surface area (Å²) >= 11 is 0. The number of fused-ring (bicyclic) bond motifs is 9. The minimum Gasteiger partial charge on any atom is -0.491 e. The van der Waals surface area contributed by atoms with Crippen LogP contribution in [0.1, 0.15) is 85.7 Å². The Morgan fingerprint density at radius 2 is 1.60 bits per heavy atom. The summed E-state index contributed by atoms with van der Waals surface area (Å²) in [6.07, 6.45) is 3.59. The second-order valence-electron chi connectivity index (χ2n) is 20.7. The van der Waals surface area contributed by atoms with Gasteiger partial charge in [-0.3, -0.25) is 24.0 Å². The fourth-order valence-electron chi connectivity index (χ4n) is 9.85. The normalized spacial score (nSPS) is 16.9. The standard InChI is InChI=1S/C55H76FN11O11/c1-34(59-5)51(70)62-48(55(2,3)4)53(72)66-32-37-27-39(12-10-35(37)28-45(66)50(58)69)78-26-25-77-24-23-76-22-21-75-20-19-74-18-14-46(68)60-15-17-67-54(73-7)47-36-29-44(49(57)61-31-36)65-16-8-9-43(65)41-30-38(56)11-13-40(41)52(71)64(6)33-42(47)63-67/h10-13,27,29-31,34,43,45,48,59H,8-9,14-26,28,32-33H2,1-7H3,(H2,57,61)(H2,58,69)(H,60,68)(H,62,70)/t34-,43+,45-,48+/m0/s1. The predicted molar refractivity (Wildman–Crippen MR) is 288 cm³/mol. The second-order valence-corrected chi connectivity index (χ2v) is 20.7. The quantitative estimate of drug-likeness (QED) is 0.0597. The maximum Gasteiger partial charge on any atom is 0.254 e. The number of primary amides is 1. The number of hydrogen-bond acceptors (Lipinski definition) is 16. The molecule has 7 N–H and O–H groups in total. The Balaban J connectivity index is 0.768. The molecular weight excluding hydrogens is 1010 g/mol. The number of carbonyl (C=O) groups is 5. The van der Waals surface area contributed by atoms with E-state index in [1.165, 1.54) is 23.1 Å². The van der Waals surface area contributed by atoms with Gasteiger partial charge in [0.2, 0.25) is 29.5 Å². The number of likely N-dealkylation sites (N-methyl/N-ethyl adjacent to an activating group) is 1. The molecule has 5 amide bonds. The molecule has 3 aliphatic heterocycles. The van der Waals surface area contributed by atoms with Crippen LogP contribution in [0.5, 0.6) is 11.6 Å². The van der Waals surface area contributed by atoms with Crippen LogP contribution >= 0.6 is 0 Å². The molecule has 78 heavy (non-hydrogen) atoms. The molecule has 1 fully saturated rings. The van der Waals surface area contributed by atoms with Gasteiger partial charge >= 0.3 is 0 Å². The third kappa shape index (κ3) is 14.6. The van der Waals surface area contributed by atoms with Gasteiger partial charge in [-0.05, 0) is 85.3 Å². The van der Waals surface area contributed by atoms with Gasteiger partial charge in [0.05, 0.1) is 102 Å². The molecule has 3 aliphatic rings. The van der Waals surface area contributed by atoms with Crippen LogP contribution in [0.15, 0.2) is 48.7 Å². The lowest BCUT2D eigenvalue weighted by Gasteiger charge is -2.40. The minimum absolute atomic E-state index is 0.120. The van der Waals surface area contributed by atoms with E-state index in [0.717, 1.165) is 17.5 Å². The first-order chi connectivity index (χ1) is 37.4. The average molecular weight is 1090 g/mol. The number of aromatic nitrogens is 3. The van der Waals surface area contributed by atoms with E-state index in [-0.39, 0.29) is 81.9 Å². The molecule has 22 nitrogen and oxygen atoms in total. The molecule has 2 bridgehead atoms. The number of nitrogens with zero attached hydrogens (tertiary/aromatic N) is 6. The summed E-state index contributed by atoms with van der Waals surface area (Å²) < 4.78 is 50.8. The number of halogens is 1. The maximum atomic E-state index is 14.7. The van der Waals surface area contributed by atoms with Gasteiger partial charge in [0.1, 0.15) is 36.1 Å². The third-order valence-electron chi connectivity index (χ3n) is 14.1. The molecule has 0 unspecified atom stereocenters. The zero-order valence-electron chi connectivity index (χ0n) is 45.9. The van der Waals surface area contributed by atoms with Crippen molar-refractivity contribution in [2.24, 2.45) is 11.1 Å². The molecule has 424 valence electrons. The number of pyridine rings is 1. The molecule has 7 rings (SSSR count). The van der Waals surface area contributed by atoms with Crippen molar-refractivity contribution in [1.82, 2.24) is 40.5 Å². The maximum absolute atomic E-state index is 14.7. The van der Waals surface area contributed by atoms with Crippen molar-refractivity contribution in [2.45, 2.75) is 97.2 Å². The smallest absolute Gasteiger partial charge is 0.254 e. The van der Waals surface area contributed by atoms with Crippen LogP contribution < -0.4 is 41.8 Å². The molecule has 23 heteroatoms. The number of methoxy groups -OCH3 is 1. The lowest BCUT2D eigenvalue weighted by molar-refractivity contribution is -0.146. The average Bonchev–Trinajstić information content (AvgIpc) is 4.20. The lowest BCUT2D eigenvalue weighted by atomic mass is 9.84. The van der Waals surface area contributed by atoms with E-state index in [1.54, 1.807) is 43.9 Å². The van der Waals surface area contributed by atoms with Gasteiger partial charge in [-0.2, -0.15) is 5.10 Å². The molecule has 0 aliphatic carbocycles. The topological polar surface area (TPSA) is 269 Å². The molecular formula is C55H76FN11O11. The van der Waals surface area contributed by atoms with E-state index in [2.05, 4.69) is 25.8 Å². The molecule has 5 heterocycles. The van der Waals surface area contributed by atoms with Crippen LogP contribution in [0.25, 0.3) is 11.1 Å². The summed E-state index contributed by atoms with van der Waals surface area (Å²) in [6.45, 7) is 11.5. The van der Waals surface area contributed by atoms with Gasteiger partial charge in [-0.15, -0.1) is 0 Å². The Hall–Kier alpha value is -6.92. The van der Waals surface area contributed by atoms with E-state index in [9.17, 15) is 28.4 Å². The van der Waals surface area contributed by atoms with E-state index in [0.29, 0.717) is 110 Å². The van der Waals surface area contributed by atoms with Gasteiger partial charge < -0.3 is 70.5 Å². The van der Waals surface area contributed by atoms with Crippen molar-refractivity contribution in [1.29, 1.82) is 0 Å². The van der Waals surface area contributed by atoms with E-state index >= 15 is 0 Å². The third-order valence-corrected chi connectivity index (χ3v) is 14.1. The molecule has 2 aromatic heterocycles. The predicted octanol–water partition coefficient (Wildman–Crippen LogP) is 3.13. The number of carbonyl (C=O) groups excluding carboxylic acids is 5. The molecule has 4 aromatic rings. The highest BCUT2D eigenvalue weighted by atomic mass is 19.1. The number of rotatable bonds is 25. The van der Waals surface area contributed by atoms with Crippen LogP contribution in [-0.4, -0.2) is 166 Å². The largest absolute Gasteiger partial charge is 0.491 e. The number of nitrogen functional groups attached to an aromatic ring is 1. The molecule has 0 spiro atoms. The SMILES string of the molecule is CN[C@@H](C)C(=O)N[C@H](C(=O)N1Cc2cc(OCCOCCOCCOCCOCCC(=O)NCCn3nc4c(c3OC)-c3cnc(N)c(c3)N3CCC[C@@H]3c3cc(F)ccc3C(=O)N(C)C4)ccc2C[C@H]1C(N)=O)C(C)(C)C. The van der Waals surface area contributed by atoms with E-state index in [4.69, 9.17) is 45.0 Å². The number of benzene rings is 2.